The highest BCUT2D eigenvalue weighted by atomic mass is 127. The highest BCUT2D eigenvalue weighted by Crippen LogP contribution is 2.48. The smallest absolute Gasteiger partial charge is 0.259 e. The first kappa shape index (κ1) is 41.2. The largest absolute Gasteiger partial charge is 0.497 e. The van der Waals surface area contributed by atoms with Gasteiger partial charge in [0.05, 0.1) is 39.3 Å². The summed E-state index contributed by atoms with van der Waals surface area (Å²) in [6.07, 6.45) is 7.09. The van der Waals surface area contributed by atoms with Crippen LogP contribution in [0.5, 0.6) is 17.4 Å². The van der Waals surface area contributed by atoms with Crippen molar-refractivity contribution in [3.8, 4) is 28.8 Å². The molecule has 7 atom stereocenters. The molecule has 3 fully saturated rings. The third-order valence-corrected chi connectivity index (χ3v) is 15.7. The lowest BCUT2D eigenvalue weighted by molar-refractivity contribution is -0.139. The van der Waals surface area contributed by atoms with Gasteiger partial charge in [-0.05, 0) is 108 Å². The zero-order valence-electron chi connectivity index (χ0n) is 33.3. The van der Waals surface area contributed by atoms with Gasteiger partial charge < -0.3 is 24.4 Å². The number of allylic oxidation sites excluding steroid dienone is 1. The van der Waals surface area contributed by atoms with Gasteiger partial charge >= 0.3 is 0 Å². The fraction of sp³-hybridized carbons (Fsp3) is 0.548. The average molecular weight is 914 g/mol. The molecule has 3 heterocycles. The molecule has 15 heteroatoms. The van der Waals surface area contributed by atoms with Crippen molar-refractivity contribution in [1.29, 1.82) is 0 Å². The number of rotatable bonds is 9. The minimum Gasteiger partial charge on any atom is -0.497 e. The zero-order valence-corrected chi connectivity index (χ0v) is 36.3. The number of aromatic nitrogens is 2. The first-order chi connectivity index (χ1) is 27.0. The van der Waals surface area contributed by atoms with Gasteiger partial charge in [-0.15, -0.1) is 0 Å². The number of carbonyl (C=O) groups excluding carboxylic acids is 3. The Bertz CT molecular complexity index is 2180. The van der Waals surface area contributed by atoms with E-state index in [1.54, 1.807) is 31.1 Å². The van der Waals surface area contributed by atoms with E-state index in [9.17, 15) is 22.8 Å². The van der Waals surface area contributed by atoms with Crippen LogP contribution >= 0.6 is 22.6 Å². The van der Waals surface area contributed by atoms with E-state index in [0.29, 0.717) is 47.0 Å². The Labute approximate surface area is 348 Å². The summed E-state index contributed by atoms with van der Waals surface area (Å²) in [7, 11) is -2.38. The van der Waals surface area contributed by atoms with Gasteiger partial charge in [0.15, 0.2) is 5.82 Å². The van der Waals surface area contributed by atoms with Gasteiger partial charge in [-0.1, -0.05) is 48.6 Å². The Morgan fingerprint density at radius 3 is 2.46 bits per heavy atom. The first-order valence-corrected chi connectivity index (χ1v) is 22.5. The lowest BCUT2D eigenvalue weighted by atomic mass is 9.91. The van der Waals surface area contributed by atoms with Crippen molar-refractivity contribution in [3.63, 3.8) is 0 Å². The number of methoxy groups -OCH3 is 1. The Hall–Kier alpha value is -3.99. The zero-order chi connectivity index (χ0) is 40.9. The van der Waals surface area contributed by atoms with Crippen molar-refractivity contribution in [3.05, 3.63) is 54.6 Å². The maximum absolute atomic E-state index is 14.5. The summed E-state index contributed by atoms with van der Waals surface area (Å²) in [5.74, 6) is 0.522. The van der Waals surface area contributed by atoms with Crippen LogP contribution in [0.3, 0.4) is 0 Å². The van der Waals surface area contributed by atoms with E-state index in [2.05, 4.69) is 46.5 Å². The van der Waals surface area contributed by atoms with E-state index < -0.39 is 54.1 Å². The summed E-state index contributed by atoms with van der Waals surface area (Å²) < 4.78 is 45.3. The summed E-state index contributed by atoms with van der Waals surface area (Å²) in [5, 5.41) is 3.59. The van der Waals surface area contributed by atoms with Gasteiger partial charge in [0.2, 0.25) is 27.7 Å². The highest BCUT2D eigenvalue weighted by Gasteiger charge is 2.63. The summed E-state index contributed by atoms with van der Waals surface area (Å²) in [4.78, 5) is 54.1. The lowest BCUT2D eigenvalue weighted by Gasteiger charge is -2.30. The number of halogens is 1. The number of fused-ring (bicyclic) bond motifs is 3. The molecule has 2 aromatic carbocycles. The fourth-order valence-electron chi connectivity index (χ4n) is 7.89. The number of benzene rings is 2. The molecule has 306 valence electrons. The SMILES string of the molecule is COc1ccc2c(O[C@@H]3C[C@H]4C(=O)N[C@]5(C(=O)NS(=O)(=O)C6(C)CC6)C[C@H]5/C=C\CC[C@H](C)C[C@@H](C)[C@H](I)C(=O)N4C3)nc(-c3ccc(OC(C)C)cc3)nc2c1. The van der Waals surface area contributed by atoms with Crippen molar-refractivity contribution in [2.75, 3.05) is 13.7 Å². The number of hydrogen-bond acceptors (Lipinski definition) is 10. The molecule has 2 N–H and O–H groups in total. The maximum atomic E-state index is 14.5. The number of nitrogens with zero attached hydrogens (tertiary/aromatic N) is 3. The summed E-state index contributed by atoms with van der Waals surface area (Å²) in [5.41, 5.74) is -0.140. The predicted molar refractivity (Wildman–Crippen MR) is 225 cm³/mol. The molecule has 3 aromatic rings. The van der Waals surface area contributed by atoms with Gasteiger partial charge in [-0.25, -0.2) is 13.4 Å². The molecular weight excluding hydrogens is 861 g/mol. The molecule has 13 nitrogen and oxygen atoms in total. The Balaban J connectivity index is 1.21. The second-order valence-electron chi connectivity index (χ2n) is 16.8. The molecule has 4 aliphatic rings. The fourth-order valence-corrected chi connectivity index (χ4v) is 9.86. The van der Waals surface area contributed by atoms with Crippen molar-refractivity contribution in [2.24, 2.45) is 17.8 Å². The highest BCUT2D eigenvalue weighted by molar-refractivity contribution is 14.1. The van der Waals surface area contributed by atoms with Crippen LogP contribution in [0.25, 0.3) is 22.3 Å². The summed E-state index contributed by atoms with van der Waals surface area (Å²) in [6.45, 7) is 9.88. The van der Waals surface area contributed by atoms with Crippen molar-refractivity contribution >= 4 is 61.2 Å². The molecule has 1 aromatic heterocycles. The molecule has 3 amide bonds. The quantitative estimate of drug-likeness (QED) is 0.145. The summed E-state index contributed by atoms with van der Waals surface area (Å²) >= 11 is 2.19. The van der Waals surface area contributed by atoms with E-state index in [0.717, 1.165) is 24.8 Å². The molecule has 0 spiro atoms. The topological polar surface area (TPSA) is 166 Å². The number of hydrogen-bond donors (Lipinski definition) is 2. The van der Waals surface area contributed by atoms with Gasteiger partial charge in [-0.2, -0.15) is 4.98 Å². The van der Waals surface area contributed by atoms with Crippen LogP contribution in [0.1, 0.15) is 79.6 Å². The monoisotopic (exact) mass is 913 g/mol. The number of amides is 3. The normalized spacial score (nSPS) is 29.3. The van der Waals surface area contributed by atoms with Crippen molar-refractivity contribution in [1.82, 2.24) is 24.9 Å². The maximum Gasteiger partial charge on any atom is 0.259 e. The second-order valence-corrected chi connectivity index (χ2v) is 20.3. The number of sulfonamides is 1. The third-order valence-electron chi connectivity index (χ3n) is 11.8. The minimum absolute atomic E-state index is 0.0152. The van der Waals surface area contributed by atoms with Crippen LogP contribution in [0.15, 0.2) is 54.6 Å². The van der Waals surface area contributed by atoms with Crippen molar-refractivity contribution in [2.45, 2.75) is 112 Å². The Kier molecular flexibility index (Phi) is 11.5. The molecule has 0 radical (unpaired) electrons. The third kappa shape index (κ3) is 8.60. The Morgan fingerprint density at radius 2 is 1.77 bits per heavy atom. The van der Waals surface area contributed by atoms with Crippen LogP contribution < -0.4 is 24.2 Å². The summed E-state index contributed by atoms with van der Waals surface area (Å²) in [6, 6.07) is 11.9. The number of nitrogens with one attached hydrogen (secondary N) is 2. The molecule has 0 unspecified atom stereocenters. The second kappa shape index (κ2) is 16.0. The standard InChI is InChI=1S/C42H52IN5O8S/c1-24(2)55-29-13-11-27(12-14-29)36-44-33-20-30(54-6)15-16-32(33)38(45-36)56-31-21-34-37(49)46-42(40(51)47-57(52,53)41(5)17-18-41)22-28(42)10-8-7-9-25(3)19-26(4)35(43)39(50)48(34)23-31/h8,10-16,20,24-26,28,31,34-35H,7,9,17-19,21-23H2,1-6H3,(H,46,49)(H,47,51)/b10-8-/t25-,26+,28+,31+,34-,35-,42+/m0/s1. The van der Waals surface area contributed by atoms with Gasteiger partial charge in [-0.3, -0.25) is 19.1 Å². The van der Waals surface area contributed by atoms with Crippen LogP contribution in [-0.2, 0) is 24.4 Å². The number of ether oxygens (including phenoxy) is 3. The molecular formula is C42H52IN5O8S. The molecule has 2 aliphatic heterocycles. The van der Waals surface area contributed by atoms with E-state index in [1.807, 2.05) is 56.3 Å². The minimum atomic E-state index is -3.96. The van der Waals surface area contributed by atoms with Crippen molar-refractivity contribution < 1.29 is 37.0 Å². The predicted octanol–water partition coefficient (Wildman–Crippen LogP) is 6.13. The van der Waals surface area contributed by atoms with E-state index in [1.165, 1.54) is 0 Å². The molecule has 0 bridgehead atoms. The van der Waals surface area contributed by atoms with E-state index in [4.69, 9.17) is 24.2 Å². The van der Waals surface area contributed by atoms with Crippen LogP contribution in [0, 0.1) is 17.8 Å². The molecule has 7 rings (SSSR count). The molecule has 2 saturated carbocycles. The van der Waals surface area contributed by atoms with Gasteiger partial charge in [0.1, 0.15) is 29.2 Å². The van der Waals surface area contributed by atoms with Crippen LogP contribution in [0.2, 0.25) is 0 Å². The Morgan fingerprint density at radius 1 is 1.05 bits per heavy atom. The first-order valence-electron chi connectivity index (χ1n) is 19.8. The van der Waals surface area contributed by atoms with Gasteiger partial charge in [0, 0.05) is 24.0 Å². The number of alkyl halides is 1. The van der Waals surface area contributed by atoms with Gasteiger partial charge in [0.25, 0.3) is 5.91 Å². The van der Waals surface area contributed by atoms with E-state index in [-0.39, 0.29) is 43.2 Å². The lowest BCUT2D eigenvalue weighted by Crippen LogP contribution is -2.57. The molecule has 57 heavy (non-hydrogen) atoms. The van der Waals surface area contributed by atoms with E-state index >= 15 is 0 Å². The van der Waals surface area contributed by atoms with Crippen LogP contribution in [0.4, 0.5) is 0 Å². The molecule has 1 saturated heterocycles. The molecule has 2 aliphatic carbocycles. The average Bonchev–Trinajstić information content (AvgIpc) is 4.05. The van der Waals surface area contributed by atoms with Crippen LogP contribution in [-0.4, -0.2) is 87.1 Å². The number of carbonyl (C=O) groups is 3.